The van der Waals surface area contributed by atoms with Crippen LogP contribution in [-0.2, 0) is 4.43 Å². The molecule has 0 bridgehead atoms. The Labute approximate surface area is 110 Å². The van der Waals surface area contributed by atoms with E-state index in [9.17, 15) is 0 Å². The van der Waals surface area contributed by atoms with Gasteiger partial charge in [-0.15, -0.1) is 0 Å². The Morgan fingerprint density at radius 2 is 1.67 bits per heavy atom. The summed E-state index contributed by atoms with van der Waals surface area (Å²) in [5, 5.41) is 0.280. The van der Waals surface area contributed by atoms with Crippen LogP contribution in [0.15, 0.2) is 10.2 Å². The van der Waals surface area contributed by atoms with Crippen LogP contribution in [0.2, 0.25) is 18.1 Å². The van der Waals surface area contributed by atoms with E-state index in [1.807, 2.05) is 0 Å². The van der Waals surface area contributed by atoms with Gasteiger partial charge in [0.1, 0.15) is 0 Å². The van der Waals surface area contributed by atoms with E-state index >= 15 is 0 Å². The summed E-state index contributed by atoms with van der Waals surface area (Å²) in [7, 11) is -1.65. The Balaban J connectivity index is 4.83. The molecular formula is C12H25IOSi. The van der Waals surface area contributed by atoms with E-state index in [2.05, 4.69) is 80.5 Å². The maximum atomic E-state index is 6.43. The van der Waals surface area contributed by atoms with Crippen LogP contribution >= 0.6 is 22.6 Å². The van der Waals surface area contributed by atoms with Gasteiger partial charge in [0.15, 0.2) is 8.32 Å². The lowest BCUT2D eigenvalue weighted by Crippen LogP contribution is -2.47. The second kappa shape index (κ2) is 5.32. The standard InChI is InChI=1S/C12H25IOSi/c1-8-12(5,9-10-13)14-15(6,7)11(2,3)4/h9-10H,8H2,1-7H3. The molecule has 0 aliphatic heterocycles. The van der Waals surface area contributed by atoms with Crippen LogP contribution in [0.3, 0.4) is 0 Å². The number of halogens is 1. The topological polar surface area (TPSA) is 9.23 Å². The fourth-order valence-electron chi connectivity index (χ4n) is 1.09. The molecule has 0 saturated heterocycles. The molecule has 0 aromatic carbocycles. The summed E-state index contributed by atoms with van der Waals surface area (Å²) in [5.41, 5.74) is -0.0931. The predicted octanol–water partition coefficient (Wildman–Crippen LogP) is 5.13. The number of hydrogen-bond acceptors (Lipinski definition) is 1. The Morgan fingerprint density at radius 3 is 1.93 bits per heavy atom. The van der Waals surface area contributed by atoms with Crippen molar-refractivity contribution in [2.45, 2.75) is 64.8 Å². The average molecular weight is 340 g/mol. The summed E-state index contributed by atoms with van der Waals surface area (Å²) in [4.78, 5) is 0. The van der Waals surface area contributed by atoms with Crippen molar-refractivity contribution in [2.24, 2.45) is 0 Å². The highest BCUT2D eigenvalue weighted by molar-refractivity contribution is 14.1. The van der Waals surface area contributed by atoms with Crippen molar-refractivity contribution < 1.29 is 4.43 Å². The van der Waals surface area contributed by atoms with Gasteiger partial charge in [-0.3, -0.25) is 0 Å². The van der Waals surface area contributed by atoms with Gasteiger partial charge in [-0.1, -0.05) is 50.3 Å². The minimum absolute atomic E-state index is 0.0931. The molecule has 0 rings (SSSR count). The molecule has 1 nitrogen and oxygen atoms in total. The second-order valence-electron chi connectivity index (χ2n) is 5.82. The first kappa shape index (κ1) is 15.6. The smallest absolute Gasteiger partial charge is 0.193 e. The molecule has 1 unspecified atom stereocenters. The molecule has 0 spiro atoms. The average Bonchev–Trinajstić information content (AvgIpc) is 2.01. The SMILES string of the molecule is CCC(C)(C=CI)O[Si](C)(C)C(C)(C)C. The third-order valence-corrected chi connectivity index (χ3v) is 8.36. The zero-order chi connectivity index (χ0) is 12.3. The zero-order valence-corrected chi connectivity index (χ0v) is 14.3. The van der Waals surface area contributed by atoms with Crippen molar-refractivity contribution >= 4 is 30.9 Å². The molecule has 0 N–H and O–H groups in total. The minimum Gasteiger partial charge on any atom is -0.408 e. The zero-order valence-electron chi connectivity index (χ0n) is 11.1. The largest absolute Gasteiger partial charge is 0.408 e. The first-order chi connectivity index (χ1) is 6.58. The highest BCUT2D eigenvalue weighted by atomic mass is 127. The van der Waals surface area contributed by atoms with Crippen molar-refractivity contribution in [2.75, 3.05) is 0 Å². The van der Waals surface area contributed by atoms with Crippen LogP contribution in [0, 0.1) is 0 Å². The summed E-state index contributed by atoms with van der Waals surface area (Å²) in [6, 6.07) is 0. The molecule has 15 heavy (non-hydrogen) atoms. The molecule has 0 fully saturated rings. The quantitative estimate of drug-likeness (QED) is 0.509. The maximum Gasteiger partial charge on any atom is 0.193 e. The lowest BCUT2D eigenvalue weighted by molar-refractivity contribution is 0.118. The molecule has 0 aromatic rings. The number of rotatable bonds is 4. The van der Waals surface area contributed by atoms with Crippen molar-refractivity contribution in [3.63, 3.8) is 0 Å². The fraction of sp³-hybridized carbons (Fsp3) is 0.833. The molecule has 0 aromatic heterocycles. The summed E-state index contributed by atoms with van der Waals surface area (Å²) in [6.45, 7) is 15.8. The molecule has 0 heterocycles. The Kier molecular flexibility index (Phi) is 5.55. The Hall–Kier alpha value is 0.647. The fourth-order valence-corrected chi connectivity index (χ4v) is 3.54. The van der Waals surface area contributed by atoms with Crippen molar-refractivity contribution in [3.05, 3.63) is 10.2 Å². The molecule has 0 amide bonds. The summed E-state index contributed by atoms with van der Waals surface area (Å²) in [6.07, 6.45) is 3.20. The van der Waals surface area contributed by atoms with Crippen molar-refractivity contribution in [3.8, 4) is 0 Å². The lowest BCUT2D eigenvalue weighted by Gasteiger charge is -2.42. The molecule has 90 valence electrons. The van der Waals surface area contributed by atoms with Crippen LogP contribution in [0.1, 0.15) is 41.0 Å². The van der Waals surface area contributed by atoms with Gasteiger partial charge in [0.2, 0.25) is 0 Å². The Morgan fingerprint density at radius 1 is 1.20 bits per heavy atom. The molecular weight excluding hydrogens is 315 g/mol. The van der Waals surface area contributed by atoms with Gasteiger partial charge in [-0.05, 0) is 41.6 Å². The normalized spacial score (nSPS) is 18.1. The van der Waals surface area contributed by atoms with Crippen LogP contribution < -0.4 is 0 Å². The van der Waals surface area contributed by atoms with Crippen molar-refractivity contribution in [1.82, 2.24) is 0 Å². The van der Waals surface area contributed by atoms with Crippen LogP contribution in [0.5, 0.6) is 0 Å². The van der Waals surface area contributed by atoms with Crippen LogP contribution in [0.25, 0.3) is 0 Å². The van der Waals surface area contributed by atoms with Gasteiger partial charge in [0.25, 0.3) is 0 Å². The van der Waals surface area contributed by atoms with E-state index in [0.717, 1.165) is 6.42 Å². The van der Waals surface area contributed by atoms with Gasteiger partial charge in [-0.2, -0.15) is 0 Å². The van der Waals surface area contributed by atoms with E-state index in [4.69, 9.17) is 4.43 Å². The highest BCUT2D eigenvalue weighted by Gasteiger charge is 2.41. The van der Waals surface area contributed by atoms with E-state index < -0.39 is 8.32 Å². The van der Waals surface area contributed by atoms with Gasteiger partial charge in [-0.25, -0.2) is 0 Å². The molecule has 0 saturated carbocycles. The maximum absolute atomic E-state index is 6.43. The van der Waals surface area contributed by atoms with Gasteiger partial charge in [0, 0.05) is 0 Å². The van der Waals surface area contributed by atoms with E-state index in [1.54, 1.807) is 0 Å². The first-order valence-corrected chi connectivity index (χ1v) is 9.71. The molecule has 1 atom stereocenters. The van der Waals surface area contributed by atoms with Crippen molar-refractivity contribution in [1.29, 1.82) is 0 Å². The summed E-state index contributed by atoms with van der Waals surface area (Å²) < 4.78 is 8.49. The van der Waals surface area contributed by atoms with Crippen LogP contribution in [-0.4, -0.2) is 13.9 Å². The molecule has 0 aliphatic rings. The lowest BCUT2D eigenvalue weighted by atomic mass is 10.1. The minimum atomic E-state index is -1.65. The monoisotopic (exact) mass is 340 g/mol. The van der Waals surface area contributed by atoms with Gasteiger partial charge >= 0.3 is 0 Å². The molecule has 0 radical (unpaired) electrons. The van der Waals surface area contributed by atoms with Gasteiger partial charge in [0.05, 0.1) is 5.60 Å². The van der Waals surface area contributed by atoms with E-state index in [0.29, 0.717) is 0 Å². The second-order valence-corrected chi connectivity index (χ2v) is 11.3. The van der Waals surface area contributed by atoms with Crippen LogP contribution in [0.4, 0.5) is 0 Å². The Bertz CT molecular complexity index is 230. The highest BCUT2D eigenvalue weighted by Crippen LogP contribution is 2.40. The third-order valence-electron chi connectivity index (χ3n) is 3.41. The molecule has 3 heteroatoms. The first-order valence-electron chi connectivity index (χ1n) is 5.56. The number of hydrogen-bond donors (Lipinski definition) is 0. The molecule has 0 aliphatic carbocycles. The summed E-state index contributed by atoms with van der Waals surface area (Å²) in [5.74, 6) is 0. The van der Waals surface area contributed by atoms with E-state index in [1.165, 1.54) is 0 Å². The predicted molar refractivity (Wildman–Crippen MR) is 80.1 cm³/mol. The third kappa shape index (κ3) is 4.57. The van der Waals surface area contributed by atoms with Gasteiger partial charge < -0.3 is 4.43 Å². The summed E-state index contributed by atoms with van der Waals surface area (Å²) >= 11 is 2.26. The van der Waals surface area contributed by atoms with E-state index in [-0.39, 0.29) is 10.6 Å².